The van der Waals surface area contributed by atoms with Gasteiger partial charge in [0, 0.05) is 24.8 Å². The molecular weight excluding hydrogens is 297 g/mol. The standard InChI is InChI=1S/C13H16FN3O3S/c1-9-11(6-15-17(9)2)7-16-21(19,20)13-5-10(8-18)3-4-12(13)14/h3-6,16,18H,7-8H2,1-2H3. The van der Waals surface area contributed by atoms with E-state index < -0.39 is 20.7 Å². The average molecular weight is 313 g/mol. The van der Waals surface area contributed by atoms with E-state index in [1.54, 1.807) is 17.9 Å². The van der Waals surface area contributed by atoms with Gasteiger partial charge in [0.2, 0.25) is 10.0 Å². The van der Waals surface area contributed by atoms with Gasteiger partial charge < -0.3 is 5.11 Å². The van der Waals surface area contributed by atoms with Gasteiger partial charge in [0.25, 0.3) is 0 Å². The number of hydrogen-bond donors (Lipinski definition) is 2. The van der Waals surface area contributed by atoms with Crippen LogP contribution in [0.2, 0.25) is 0 Å². The second kappa shape index (κ2) is 5.92. The lowest BCUT2D eigenvalue weighted by Gasteiger charge is -2.09. The molecular formula is C13H16FN3O3S. The molecule has 0 aliphatic heterocycles. The Bertz CT molecular complexity index is 756. The maximum Gasteiger partial charge on any atom is 0.243 e. The van der Waals surface area contributed by atoms with Crippen LogP contribution in [-0.4, -0.2) is 23.3 Å². The smallest absolute Gasteiger partial charge is 0.243 e. The molecule has 0 fully saturated rings. The number of rotatable bonds is 5. The summed E-state index contributed by atoms with van der Waals surface area (Å²) in [7, 11) is -2.25. The Morgan fingerprint density at radius 3 is 2.71 bits per heavy atom. The number of benzene rings is 1. The number of nitrogens with one attached hydrogen (secondary N) is 1. The SMILES string of the molecule is Cc1c(CNS(=O)(=O)c2cc(CO)ccc2F)cnn1C. The third-order valence-electron chi connectivity index (χ3n) is 3.26. The Hall–Kier alpha value is -1.77. The second-order valence-electron chi connectivity index (χ2n) is 4.63. The van der Waals surface area contributed by atoms with Gasteiger partial charge in [0.1, 0.15) is 10.7 Å². The molecule has 0 spiro atoms. The van der Waals surface area contributed by atoms with E-state index in [0.29, 0.717) is 11.1 Å². The van der Waals surface area contributed by atoms with Crippen molar-refractivity contribution in [2.45, 2.75) is 25.0 Å². The number of aromatic nitrogens is 2. The van der Waals surface area contributed by atoms with E-state index in [2.05, 4.69) is 9.82 Å². The Balaban J connectivity index is 2.24. The minimum Gasteiger partial charge on any atom is -0.392 e. The monoisotopic (exact) mass is 313 g/mol. The summed E-state index contributed by atoms with van der Waals surface area (Å²) in [5.74, 6) is -0.859. The number of aliphatic hydroxyl groups excluding tert-OH is 1. The minimum atomic E-state index is -4.00. The third kappa shape index (κ3) is 3.29. The minimum absolute atomic E-state index is 0.0187. The maximum atomic E-state index is 13.7. The molecule has 1 aromatic heterocycles. The molecule has 0 amide bonds. The summed E-state index contributed by atoms with van der Waals surface area (Å²) < 4.78 is 42.0. The van der Waals surface area contributed by atoms with E-state index >= 15 is 0 Å². The Morgan fingerprint density at radius 2 is 2.14 bits per heavy atom. The molecule has 0 unspecified atom stereocenters. The first-order chi connectivity index (χ1) is 9.85. The van der Waals surface area contributed by atoms with Gasteiger partial charge >= 0.3 is 0 Å². The van der Waals surface area contributed by atoms with Gasteiger partial charge in [0.15, 0.2) is 0 Å². The van der Waals surface area contributed by atoms with Crippen LogP contribution in [-0.2, 0) is 30.2 Å². The Kier molecular flexibility index (Phi) is 4.40. The summed E-state index contributed by atoms with van der Waals surface area (Å²) in [5.41, 5.74) is 1.86. The Labute approximate surface area is 122 Å². The molecule has 8 heteroatoms. The van der Waals surface area contributed by atoms with Crippen LogP contribution in [0.3, 0.4) is 0 Å². The van der Waals surface area contributed by atoms with Crippen molar-refractivity contribution in [1.82, 2.24) is 14.5 Å². The first-order valence-electron chi connectivity index (χ1n) is 6.21. The summed E-state index contributed by atoms with van der Waals surface area (Å²) in [4.78, 5) is -0.476. The summed E-state index contributed by atoms with van der Waals surface area (Å²) in [6.07, 6.45) is 1.55. The quantitative estimate of drug-likeness (QED) is 0.856. The van der Waals surface area contributed by atoms with Crippen molar-refractivity contribution >= 4 is 10.0 Å². The summed E-state index contributed by atoms with van der Waals surface area (Å²) in [5, 5.41) is 13.0. The molecule has 2 rings (SSSR count). The molecule has 1 aromatic carbocycles. The van der Waals surface area contributed by atoms with Crippen LogP contribution in [0.4, 0.5) is 4.39 Å². The van der Waals surface area contributed by atoms with Crippen LogP contribution < -0.4 is 4.72 Å². The molecule has 0 radical (unpaired) electrons. The van der Waals surface area contributed by atoms with Gasteiger partial charge in [-0.25, -0.2) is 17.5 Å². The van der Waals surface area contributed by atoms with Crippen LogP contribution in [0.15, 0.2) is 29.3 Å². The lowest BCUT2D eigenvalue weighted by Crippen LogP contribution is -2.24. The molecule has 0 saturated heterocycles. The van der Waals surface area contributed by atoms with Crippen molar-refractivity contribution in [3.05, 3.63) is 47.0 Å². The predicted octanol–water partition coefficient (Wildman–Crippen LogP) is 0.838. The second-order valence-corrected chi connectivity index (χ2v) is 6.36. The molecule has 2 N–H and O–H groups in total. The topological polar surface area (TPSA) is 84.2 Å². The number of sulfonamides is 1. The van der Waals surface area contributed by atoms with Crippen LogP contribution in [0, 0.1) is 12.7 Å². The van der Waals surface area contributed by atoms with Crippen molar-refractivity contribution in [1.29, 1.82) is 0 Å². The Morgan fingerprint density at radius 1 is 1.43 bits per heavy atom. The van der Waals surface area contributed by atoms with Crippen LogP contribution in [0.25, 0.3) is 0 Å². The van der Waals surface area contributed by atoms with Gasteiger partial charge in [-0.1, -0.05) is 6.07 Å². The first-order valence-corrected chi connectivity index (χ1v) is 7.70. The van der Waals surface area contributed by atoms with Crippen molar-refractivity contribution in [2.24, 2.45) is 7.05 Å². The third-order valence-corrected chi connectivity index (χ3v) is 4.67. The van der Waals surface area contributed by atoms with E-state index in [1.807, 2.05) is 6.92 Å². The summed E-state index contributed by atoms with van der Waals surface area (Å²) in [6.45, 7) is 1.47. The fourth-order valence-corrected chi connectivity index (χ4v) is 2.95. The van der Waals surface area contributed by atoms with E-state index in [1.165, 1.54) is 6.07 Å². The highest BCUT2D eigenvalue weighted by molar-refractivity contribution is 7.89. The summed E-state index contributed by atoms with van der Waals surface area (Å²) in [6, 6.07) is 3.48. The van der Waals surface area contributed by atoms with Gasteiger partial charge in [-0.05, 0) is 24.6 Å². The molecule has 2 aromatic rings. The molecule has 0 atom stereocenters. The zero-order chi connectivity index (χ0) is 15.6. The van der Waals surface area contributed by atoms with Crippen molar-refractivity contribution < 1.29 is 17.9 Å². The van der Waals surface area contributed by atoms with Gasteiger partial charge in [0.05, 0.1) is 12.8 Å². The highest BCUT2D eigenvalue weighted by Gasteiger charge is 2.20. The molecule has 0 aliphatic rings. The van der Waals surface area contributed by atoms with Crippen molar-refractivity contribution in [3.8, 4) is 0 Å². The maximum absolute atomic E-state index is 13.7. The number of aryl methyl sites for hydroxylation is 1. The molecule has 114 valence electrons. The van der Waals surface area contributed by atoms with Gasteiger partial charge in [-0.15, -0.1) is 0 Å². The fourth-order valence-electron chi connectivity index (χ4n) is 1.82. The van der Waals surface area contributed by atoms with Crippen molar-refractivity contribution in [2.75, 3.05) is 0 Å². The number of aliphatic hydroxyl groups is 1. The molecule has 0 saturated carbocycles. The number of nitrogens with zero attached hydrogens (tertiary/aromatic N) is 2. The largest absolute Gasteiger partial charge is 0.392 e. The van der Waals surface area contributed by atoms with E-state index in [4.69, 9.17) is 5.11 Å². The van der Waals surface area contributed by atoms with E-state index in [9.17, 15) is 12.8 Å². The normalized spacial score (nSPS) is 11.8. The number of halogens is 1. The zero-order valence-electron chi connectivity index (χ0n) is 11.7. The first kappa shape index (κ1) is 15.6. The average Bonchev–Trinajstić information content (AvgIpc) is 2.77. The van der Waals surface area contributed by atoms with Gasteiger partial charge in [-0.2, -0.15) is 5.10 Å². The lowest BCUT2D eigenvalue weighted by atomic mass is 10.2. The van der Waals surface area contributed by atoms with E-state index in [-0.39, 0.29) is 13.2 Å². The predicted molar refractivity (Wildman–Crippen MR) is 74.3 cm³/mol. The molecule has 1 heterocycles. The zero-order valence-corrected chi connectivity index (χ0v) is 12.5. The van der Waals surface area contributed by atoms with Gasteiger partial charge in [-0.3, -0.25) is 4.68 Å². The molecule has 6 nitrogen and oxygen atoms in total. The van der Waals surface area contributed by atoms with Crippen molar-refractivity contribution in [3.63, 3.8) is 0 Å². The molecule has 21 heavy (non-hydrogen) atoms. The molecule has 0 aliphatic carbocycles. The highest BCUT2D eigenvalue weighted by Crippen LogP contribution is 2.17. The van der Waals surface area contributed by atoms with Crippen LogP contribution in [0.5, 0.6) is 0 Å². The fraction of sp³-hybridized carbons (Fsp3) is 0.308. The summed E-state index contributed by atoms with van der Waals surface area (Å²) >= 11 is 0. The highest BCUT2D eigenvalue weighted by atomic mass is 32.2. The number of hydrogen-bond acceptors (Lipinski definition) is 4. The molecule has 0 bridgehead atoms. The lowest BCUT2D eigenvalue weighted by molar-refractivity contribution is 0.281. The van der Waals surface area contributed by atoms with E-state index in [0.717, 1.165) is 17.8 Å². The van der Waals surface area contributed by atoms with Crippen LogP contribution in [0.1, 0.15) is 16.8 Å². The van der Waals surface area contributed by atoms with Crippen LogP contribution >= 0.6 is 0 Å².